The van der Waals surface area contributed by atoms with Crippen LogP contribution in [0, 0.1) is 0 Å². The summed E-state index contributed by atoms with van der Waals surface area (Å²) in [5, 5.41) is 7.39. The van der Waals surface area contributed by atoms with Gasteiger partial charge in [-0.1, -0.05) is 30.3 Å². The monoisotopic (exact) mass is 202 g/mol. The fourth-order valence-corrected chi connectivity index (χ4v) is 2.88. The minimum atomic E-state index is 0.264. The first-order valence-corrected chi connectivity index (χ1v) is 5.93. The van der Waals surface area contributed by atoms with Crippen LogP contribution in [0.3, 0.4) is 0 Å². The second kappa shape index (κ2) is 3.62. The van der Waals surface area contributed by atoms with E-state index in [4.69, 9.17) is 0 Å². The third-order valence-electron chi connectivity index (χ3n) is 3.79. The van der Waals surface area contributed by atoms with Crippen molar-refractivity contribution in [3.05, 3.63) is 35.9 Å². The van der Waals surface area contributed by atoms with Crippen LogP contribution in [-0.2, 0) is 6.54 Å². The Morgan fingerprint density at radius 1 is 1.20 bits per heavy atom. The van der Waals surface area contributed by atoms with Gasteiger partial charge in [-0.25, -0.2) is 0 Å². The number of hydrogen-bond acceptors (Lipinski definition) is 2. The Bertz CT molecular complexity index is 326. The molecule has 0 aliphatic carbocycles. The lowest BCUT2D eigenvalue weighted by molar-refractivity contribution is 0.301. The second-order valence-electron chi connectivity index (χ2n) is 4.84. The van der Waals surface area contributed by atoms with E-state index in [1.54, 1.807) is 0 Å². The van der Waals surface area contributed by atoms with Gasteiger partial charge in [0, 0.05) is 12.6 Å². The van der Waals surface area contributed by atoms with Gasteiger partial charge in [0.05, 0.1) is 5.66 Å². The van der Waals surface area contributed by atoms with E-state index >= 15 is 0 Å². The summed E-state index contributed by atoms with van der Waals surface area (Å²) in [6.45, 7) is 0.987. The van der Waals surface area contributed by atoms with Crippen molar-refractivity contribution in [3.8, 4) is 0 Å². The molecule has 0 aromatic heterocycles. The van der Waals surface area contributed by atoms with Crippen molar-refractivity contribution in [1.82, 2.24) is 10.6 Å². The highest BCUT2D eigenvalue weighted by atomic mass is 15.2. The van der Waals surface area contributed by atoms with Crippen molar-refractivity contribution in [2.24, 2.45) is 0 Å². The summed E-state index contributed by atoms with van der Waals surface area (Å²) < 4.78 is 0. The van der Waals surface area contributed by atoms with Crippen LogP contribution in [0.4, 0.5) is 0 Å². The predicted octanol–water partition coefficient (Wildman–Crippen LogP) is 2.02. The van der Waals surface area contributed by atoms with Crippen LogP contribution >= 0.6 is 0 Å². The topological polar surface area (TPSA) is 24.1 Å². The largest absolute Gasteiger partial charge is 0.297 e. The van der Waals surface area contributed by atoms with Crippen LogP contribution in [0.25, 0.3) is 0 Å². The summed E-state index contributed by atoms with van der Waals surface area (Å²) in [6, 6.07) is 11.4. The van der Waals surface area contributed by atoms with E-state index in [9.17, 15) is 0 Å². The van der Waals surface area contributed by atoms with Gasteiger partial charge in [-0.05, 0) is 31.2 Å². The molecule has 2 aliphatic rings. The molecule has 2 saturated heterocycles. The zero-order chi connectivity index (χ0) is 10.1. The highest BCUT2D eigenvalue weighted by Gasteiger charge is 2.43. The molecule has 0 radical (unpaired) electrons. The summed E-state index contributed by atoms with van der Waals surface area (Å²) in [6.07, 6.45) is 5.29. The molecule has 2 aliphatic heterocycles. The van der Waals surface area contributed by atoms with Crippen molar-refractivity contribution >= 4 is 0 Å². The van der Waals surface area contributed by atoms with E-state index in [1.807, 2.05) is 0 Å². The molecule has 0 unspecified atom stereocenters. The third kappa shape index (κ3) is 1.80. The maximum absolute atomic E-state index is 3.70. The van der Waals surface area contributed by atoms with E-state index in [0.717, 1.165) is 12.6 Å². The zero-order valence-corrected chi connectivity index (χ0v) is 9.00. The minimum Gasteiger partial charge on any atom is -0.297 e. The van der Waals surface area contributed by atoms with Crippen molar-refractivity contribution in [2.75, 3.05) is 0 Å². The van der Waals surface area contributed by atoms with Gasteiger partial charge in [-0.2, -0.15) is 0 Å². The van der Waals surface area contributed by atoms with Crippen LogP contribution in [0.1, 0.15) is 31.2 Å². The number of fused-ring (bicyclic) bond motifs is 2. The SMILES string of the molecule is c1ccc(CNC23CCC(CC2)N3)cc1. The van der Waals surface area contributed by atoms with Gasteiger partial charge < -0.3 is 0 Å². The summed E-state index contributed by atoms with van der Waals surface area (Å²) in [7, 11) is 0. The van der Waals surface area contributed by atoms with Gasteiger partial charge in [0.25, 0.3) is 0 Å². The van der Waals surface area contributed by atoms with Crippen molar-refractivity contribution in [2.45, 2.75) is 43.9 Å². The van der Waals surface area contributed by atoms with Crippen LogP contribution in [0.5, 0.6) is 0 Å². The number of nitrogens with one attached hydrogen (secondary N) is 2. The smallest absolute Gasteiger partial charge is 0.0693 e. The molecule has 2 fully saturated rings. The lowest BCUT2D eigenvalue weighted by atomic mass is 9.95. The first-order valence-electron chi connectivity index (χ1n) is 5.93. The Kier molecular flexibility index (Phi) is 2.26. The van der Waals surface area contributed by atoms with E-state index in [-0.39, 0.29) is 5.66 Å². The summed E-state index contributed by atoms with van der Waals surface area (Å²) in [4.78, 5) is 0. The highest BCUT2D eigenvalue weighted by molar-refractivity contribution is 5.15. The lowest BCUT2D eigenvalue weighted by Crippen LogP contribution is -2.49. The number of rotatable bonds is 3. The van der Waals surface area contributed by atoms with Crippen LogP contribution < -0.4 is 10.6 Å². The first kappa shape index (κ1) is 9.37. The van der Waals surface area contributed by atoms with Gasteiger partial charge in [0.2, 0.25) is 0 Å². The summed E-state index contributed by atoms with van der Waals surface area (Å²) in [5.41, 5.74) is 1.64. The molecule has 1 aromatic rings. The molecule has 0 spiro atoms. The molecular formula is C13H18N2. The van der Waals surface area contributed by atoms with Gasteiger partial charge in [0.15, 0.2) is 0 Å². The molecule has 80 valence electrons. The average Bonchev–Trinajstić information content (AvgIpc) is 2.89. The number of hydrogen-bond donors (Lipinski definition) is 2. The van der Waals surface area contributed by atoms with E-state index in [1.165, 1.54) is 31.2 Å². The Morgan fingerprint density at radius 2 is 1.93 bits per heavy atom. The fourth-order valence-electron chi connectivity index (χ4n) is 2.88. The average molecular weight is 202 g/mol. The Labute approximate surface area is 91.1 Å². The van der Waals surface area contributed by atoms with E-state index < -0.39 is 0 Å². The van der Waals surface area contributed by atoms with Gasteiger partial charge >= 0.3 is 0 Å². The first-order chi connectivity index (χ1) is 7.36. The predicted molar refractivity (Wildman–Crippen MR) is 61.4 cm³/mol. The highest BCUT2D eigenvalue weighted by Crippen LogP contribution is 2.35. The van der Waals surface area contributed by atoms with Gasteiger partial charge in [-0.15, -0.1) is 0 Å². The summed E-state index contributed by atoms with van der Waals surface area (Å²) in [5.74, 6) is 0. The fraction of sp³-hybridized carbons (Fsp3) is 0.538. The Balaban J connectivity index is 1.62. The molecule has 0 atom stereocenters. The molecule has 2 nitrogen and oxygen atoms in total. The molecule has 2 heterocycles. The van der Waals surface area contributed by atoms with Crippen LogP contribution in [-0.4, -0.2) is 11.7 Å². The normalized spacial score (nSPS) is 33.5. The third-order valence-corrected chi connectivity index (χ3v) is 3.79. The standard InChI is InChI=1S/C13H18N2/c1-2-4-11(5-3-1)10-14-13-8-6-12(15-13)7-9-13/h1-5,12,14-15H,6-10H2. The van der Waals surface area contributed by atoms with Gasteiger partial charge in [0.1, 0.15) is 0 Å². The number of benzene rings is 1. The summed E-state index contributed by atoms with van der Waals surface area (Å²) >= 11 is 0. The maximum Gasteiger partial charge on any atom is 0.0693 e. The molecule has 1 aromatic carbocycles. The van der Waals surface area contributed by atoms with E-state index in [0.29, 0.717) is 0 Å². The quantitative estimate of drug-likeness (QED) is 0.783. The van der Waals surface area contributed by atoms with Gasteiger partial charge in [-0.3, -0.25) is 10.6 Å². The van der Waals surface area contributed by atoms with Crippen molar-refractivity contribution in [3.63, 3.8) is 0 Å². The maximum atomic E-state index is 3.70. The zero-order valence-electron chi connectivity index (χ0n) is 9.00. The van der Waals surface area contributed by atoms with Crippen LogP contribution in [0.15, 0.2) is 30.3 Å². The van der Waals surface area contributed by atoms with Crippen LogP contribution in [0.2, 0.25) is 0 Å². The second-order valence-corrected chi connectivity index (χ2v) is 4.84. The molecule has 0 saturated carbocycles. The molecule has 0 amide bonds. The molecule has 3 rings (SSSR count). The molecule has 2 N–H and O–H groups in total. The molecule has 2 bridgehead atoms. The molecule has 15 heavy (non-hydrogen) atoms. The van der Waals surface area contributed by atoms with E-state index in [2.05, 4.69) is 41.0 Å². The Hall–Kier alpha value is -0.860. The molecule has 2 heteroatoms. The van der Waals surface area contributed by atoms with Crippen molar-refractivity contribution < 1.29 is 0 Å². The minimum absolute atomic E-state index is 0.264. The Morgan fingerprint density at radius 3 is 2.53 bits per heavy atom. The molecular weight excluding hydrogens is 184 g/mol. The lowest BCUT2D eigenvalue weighted by Gasteiger charge is -2.27. The van der Waals surface area contributed by atoms with Crippen molar-refractivity contribution in [1.29, 1.82) is 0 Å².